The number of nitrogens with zero attached hydrogens (tertiary/aromatic N) is 3. The van der Waals surface area contributed by atoms with Crippen molar-refractivity contribution in [1.82, 2.24) is 20.1 Å². The van der Waals surface area contributed by atoms with Gasteiger partial charge in [-0.15, -0.1) is 11.3 Å². The lowest BCUT2D eigenvalue weighted by Crippen LogP contribution is -2.52. The van der Waals surface area contributed by atoms with Crippen LogP contribution in [0.4, 0.5) is 0 Å². The van der Waals surface area contributed by atoms with Crippen molar-refractivity contribution in [2.75, 3.05) is 40.3 Å². The first kappa shape index (κ1) is 16.9. The van der Waals surface area contributed by atoms with Crippen molar-refractivity contribution >= 4 is 11.3 Å². The lowest BCUT2D eigenvalue weighted by molar-refractivity contribution is 0.101. The van der Waals surface area contributed by atoms with Crippen LogP contribution in [0, 0.1) is 6.92 Å². The predicted molar refractivity (Wildman–Crippen MR) is 91.2 cm³/mol. The Hall–Kier alpha value is -0.490. The molecule has 0 aliphatic carbocycles. The smallest absolute Gasteiger partial charge is 0.0943 e. The highest BCUT2D eigenvalue weighted by Crippen LogP contribution is 2.17. The highest BCUT2D eigenvalue weighted by Gasteiger charge is 2.25. The molecular weight excluding hydrogens is 280 g/mol. The van der Waals surface area contributed by atoms with Crippen LogP contribution in [0.15, 0.2) is 5.38 Å². The van der Waals surface area contributed by atoms with Crippen LogP contribution in [0.5, 0.6) is 0 Å². The first-order chi connectivity index (χ1) is 10.1. The minimum Gasteiger partial charge on any atom is -0.314 e. The van der Waals surface area contributed by atoms with Gasteiger partial charge in [-0.2, -0.15) is 0 Å². The average Bonchev–Trinajstić information content (AvgIpc) is 2.85. The van der Waals surface area contributed by atoms with Crippen molar-refractivity contribution in [3.8, 4) is 0 Å². The lowest BCUT2D eigenvalue weighted by Gasteiger charge is -2.39. The summed E-state index contributed by atoms with van der Waals surface area (Å²) in [5.41, 5.74) is 1.15. The summed E-state index contributed by atoms with van der Waals surface area (Å²) in [6.07, 6.45) is 3.46. The molecular formula is C16H30N4S. The molecule has 0 saturated carbocycles. The summed E-state index contributed by atoms with van der Waals surface area (Å²) in [6, 6.07) is 1.19. The molecule has 120 valence electrons. The number of likely N-dealkylation sites (N-methyl/N-ethyl adjacent to an activating group) is 2. The molecule has 1 aliphatic rings. The van der Waals surface area contributed by atoms with Crippen LogP contribution in [0.3, 0.4) is 0 Å². The Morgan fingerprint density at radius 2 is 2.24 bits per heavy atom. The summed E-state index contributed by atoms with van der Waals surface area (Å²) < 4.78 is 0. The molecule has 1 fully saturated rings. The van der Waals surface area contributed by atoms with Gasteiger partial charge >= 0.3 is 0 Å². The van der Waals surface area contributed by atoms with Gasteiger partial charge in [0.1, 0.15) is 0 Å². The second kappa shape index (κ2) is 8.22. The van der Waals surface area contributed by atoms with Crippen LogP contribution >= 0.6 is 11.3 Å². The van der Waals surface area contributed by atoms with Crippen molar-refractivity contribution in [3.05, 3.63) is 16.1 Å². The van der Waals surface area contributed by atoms with E-state index in [9.17, 15) is 0 Å². The number of rotatable bonds is 7. The molecule has 1 aromatic heterocycles. The van der Waals surface area contributed by atoms with E-state index < -0.39 is 0 Å². The third kappa shape index (κ3) is 5.33. The van der Waals surface area contributed by atoms with E-state index >= 15 is 0 Å². The molecule has 5 heteroatoms. The Morgan fingerprint density at radius 3 is 2.90 bits per heavy atom. The van der Waals surface area contributed by atoms with Crippen LogP contribution in [0.25, 0.3) is 0 Å². The molecule has 1 aromatic rings. The Labute approximate surface area is 133 Å². The molecule has 2 heterocycles. The predicted octanol–water partition coefficient (Wildman–Crippen LogP) is 2.00. The molecule has 2 atom stereocenters. The fraction of sp³-hybridized carbons (Fsp3) is 0.812. The van der Waals surface area contributed by atoms with E-state index in [2.05, 4.69) is 53.4 Å². The van der Waals surface area contributed by atoms with E-state index in [0.717, 1.165) is 18.7 Å². The van der Waals surface area contributed by atoms with Gasteiger partial charge in [0.25, 0.3) is 0 Å². The highest BCUT2D eigenvalue weighted by atomic mass is 32.1. The standard InChI is InChI=1S/C16H30N4S/c1-5-6-17-14(10-16-18-13(2)12-21-16)9-15-11-19(3)7-8-20(15)4/h12,14-15,17H,5-11H2,1-4H3. The summed E-state index contributed by atoms with van der Waals surface area (Å²) in [4.78, 5) is 9.62. The van der Waals surface area contributed by atoms with Gasteiger partial charge in [0.2, 0.25) is 0 Å². The van der Waals surface area contributed by atoms with E-state index in [1.807, 2.05) is 0 Å². The van der Waals surface area contributed by atoms with E-state index in [-0.39, 0.29) is 0 Å². The van der Waals surface area contributed by atoms with E-state index in [0.29, 0.717) is 12.1 Å². The summed E-state index contributed by atoms with van der Waals surface area (Å²) in [6.45, 7) is 8.96. The molecule has 0 spiro atoms. The molecule has 1 aliphatic heterocycles. The van der Waals surface area contributed by atoms with E-state index in [1.54, 1.807) is 11.3 Å². The average molecular weight is 311 g/mol. The fourth-order valence-electron chi connectivity index (χ4n) is 2.98. The first-order valence-electron chi connectivity index (χ1n) is 8.11. The van der Waals surface area contributed by atoms with Crippen molar-refractivity contribution in [2.24, 2.45) is 0 Å². The number of aromatic nitrogens is 1. The zero-order valence-corrected chi connectivity index (χ0v) is 14.7. The van der Waals surface area contributed by atoms with Crippen molar-refractivity contribution in [3.63, 3.8) is 0 Å². The Kier molecular flexibility index (Phi) is 6.61. The normalized spacial score (nSPS) is 22.6. The monoisotopic (exact) mass is 310 g/mol. The summed E-state index contributed by atoms with van der Waals surface area (Å²) in [7, 11) is 4.50. The molecule has 0 amide bonds. The van der Waals surface area contributed by atoms with Gasteiger partial charge in [0.15, 0.2) is 0 Å². The minimum atomic E-state index is 0.537. The van der Waals surface area contributed by atoms with Gasteiger partial charge in [-0.25, -0.2) is 4.98 Å². The second-order valence-corrected chi connectivity index (χ2v) is 7.31. The zero-order chi connectivity index (χ0) is 15.2. The molecule has 2 unspecified atom stereocenters. The van der Waals surface area contributed by atoms with E-state index in [1.165, 1.54) is 37.5 Å². The molecule has 1 saturated heterocycles. The van der Waals surface area contributed by atoms with Crippen LogP contribution in [-0.2, 0) is 6.42 Å². The molecule has 4 nitrogen and oxygen atoms in total. The van der Waals surface area contributed by atoms with Crippen LogP contribution in [0.2, 0.25) is 0 Å². The number of piperazine rings is 1. The van der Waals surface area contributed by atoms with Crippen molar-refractivity contribution < 1.29 is 0 Å². The lowest BCUT2D eigenvalue weighted by atomic mass is 10.0. The number of thiazole rings is 1. The Morgan fingerprint density at radius 1 is 1.43 bits per heavy atom. The van der Waals surface area contributed by atoms with Gasteiger partial charge < -0.3 is 15.1 Å². The maximum absolute atomic E-state index is 4.64. The number of hydrogen-bond donors (Lipinski definition) is 1. The third-order valence-corrected chi connectivity index (χ3v) is 5.30. The number of aryl methyl sites for hydroxylation is 1. The maximum atomic E-state index is 4.64. The zero-order valence-electron chi connectivity index (χ0n) is 13.9. The van der Waals surface area contributed by atoms with Gasteiger partial charge in [-0.3, -0.25) is 0 Å². The summed E-state index contributed by atoms with van der Waals surface area (Å²) in [5, 5.41) is 7.16. The summed E-state index contributed by atoms with van der Waals surface area (Å²) >= 11 is 1.80. The van der Waals surface area contributed by atoms with E-state index in [4.69, 9.17) is 0 Å². The second-order valence-electron chi connectivity index (χ2n) is 6.37. The minimum absolute atomic E-state index is 0.537. The van der Waals surface area contributed by atoms with Gasteiger partial charge in [0, 0.05) is 49.2 Å². The quantitative estimate of drug-likeness (QED) is 0.835. The van der Waals surface area contributed by atoms with Crippen molar-refractivity contribution in [2.45, 2.75) is 45.2 Å². The Bertz CT molecular complexity index is 420. The fourth-order valence-corrected chi connectivity index (χ4v) is 3.83. The number of hydrogen-bond acceptors (Lipinski definition) is 5. The van der Waals surface area contributed by atoms with Gasteiger partial charge in [-0.05, 0) is 40.4 Å². The molecule has 0 bridgehead atoms. The Balaban J connectivity index is 1.94. The molecule has 2 rings (SSSR count). The van der Waals surface area contributed by atoms with Gasteiger partial charge in [-0.1, -0.05) is 6.92 Å². The molecule has 0 aromatic carbocycles. The van der Waals surface area contributed by atoms with Crippen LogP contribution in [0.1, 0.15) is 30.5 Å². The molecule has 1 N–H and O–H groups in total. The highest BCUT2D eigenvalue weighted by molar-refractivity contribution is 7.09. The maximum Gasteiger partial charge on any atom is 0.0943 e. The molecule has 0 radical (unpaired) electrons. The number of nitrogens with one attached hydrogen (secondary N) is 1. The van der Waals surface area contributed by atoms with Crippen LogP contribution < -0.4 is 5.32 Å². The largest absolute Gasteiger partial charge is 0.314 e. The SMILES string of the molecule is CCCNC(Cc1nc(C)cs1)CC1CN(C)CCN1C. The molecule has 21 heavy (non-hydrogen) atoms. The van der Waals surface area contributed by atoms with Crippen molar-refractivity contribution in [1.29, 1.82) is 0 Å². The third-order valence-electron chi connectivity index (χ3n) is 4.31. The summed E-state index contributed by atoms with van der Waals surface area (Å²) in [5.74, 6) is 0. The van der Waals surface area contributed by atoms with Crippen LogP contribution in [-0.4, -0.2) is 67.1 Å². The van der Waals surface area contributed by atoms with Gasteiger partial charge in [0.05, 0.1) is 5.01 Å². The first-order valence-corrected chi connectivity index (χ1v) is 8.99. The topological polar surface area (TPSA) is 31.4 Å².